The highest BCUT2D eigenvalue weighted by molar-refractivity contribution is 7.81. The first kappa shape index (κ1) is 21.8. The number of halogens is 1. The first-order valence-electron chi connectivity index (χ1n) is 10.1. The molecule has 0 saturated heterocycles. The predicted octanol–water partition coefficient (Wildman–Crippen LogP) is 5.73. The van der Waals surface area contributed by atoms with Crippen LogP contribution in [0.5, 0.6) is 0 Å². The van der Waals surface area contributed by atoms with Crippen LogP contribution in [0.2, 0.25) is 5.02 Å². The summed E-state index contributed by atoms with van der Waals surface area (Å²) in [6.07, 6.45) is 3.62. The summed E-state index contributed by atoms with van der Waals surface area (Å²) in [5.74, 6) is -0.169. The van der Waals surface area contributed by atoms with Crippen LogP contribution in [0.25, 0.3) is 22.6 Å². The van der Waals surface area contributed by atoms with Crippen LogP contribution < -0.4 is 15.0 Å². The molecule has 4 aromatic rings. The molecule has 0 unspecified atom stereocenters. The number of nitrogens with one attached hydrogen (secondary N) is 1. The van der Waals surface area contributed by atoms with Gasteiger partial charge < -0.3 is 10.4 Å². The molecule has 0 saturated carbocycles. The molecule has 1 N–H and O–H groups in total. The summed E-state index contributed by atoms with van der Waals surface area (Å²) in [5, 5.41) is 17.4. The maximum absolute atomic E-state index is 13.6. The van der Waals surface area contributed by atoms with Crippen molar-refractivity contribution < 1.29 is 9.67 Å². The van der Waals surface area contributed by atoms with Crippen molar-refractivity contribution in [3.63, 3.8) is 0 Å². The largest absolute Gasteiger partial charge is 0.867 e. The number of aromatic nitrogens is 1. The molecule has 3 nitrogen and oxygen atoms in total. The highest BCUT2D eigenvalue weighted by Crippen LogP contribution is 2.25. The minimum absolute atomic E-state index is 0.169. The molecule has 0 spiro atoms. The SMILES string of the molecule is Cc1c(Cl)cccc1NC(=S)C(=C([O-])c1ccc(-c2ccccc2)cc1)[n+]1ccccc1. The maximum atomic E-state index is 13.6. The van der Waals surface area contributed by atoms with Crippen LogP contribution >= 0.6 is 23.8 Å². The lowest BCUT2D eigenvalue weighted by Gasteiger charge is -2.18. The van der Waals surface area contributed by atoms with Gasteiger partial charge in [-0.3, -0.25) is 0 Å². The van der Waals surface area contributed by atoms with Gasteiger partial charge in [-0.1, -0.05) is 90.5 Å². The molecule has 0 amide bonds. The molecule has 0 bridgehead atoms. The summed E-state index contributed by atoms with van der Waals surface area (Å²) in [4.78, 5) is 0.323. The van der Waals surface area contributed by atoms with Crippen molar-refractivity contribution in [3.05, 3.63) is 120 Å². The second-order valence-electron chi connectivity index (χ2n) is 7.27. The normalized spacial score (nSPS) is 11.6. The number of benzene rings is 3. The van der Waals surface area contributed by atoms with E-state index in [2.05, 4.69) is 5.32 Å². The third kappa shape index (κ3) is 4.72. The molecule has 0 radical (unpaired) electrons. The number of rotatable bonds is 5. The second kappa shape index (κ2) is 9.77. The van der Waals surface area contributed by atoms with Crippen LogP contribution in [-0.2, 0) is 0 Å². The van der Waals surface area contributed by atoms with Crippen molar-refractivity contribution >= 4 is 46.0 Å². The van der Waals surface area contributed by atoms with Gasteiger partial charge in [0.25, 0.3) is 0 Å². The van der Waals surface area contributed by atoms with E-state index in [9.17, 15) is 5.11 Å². The van der Waals surface area contributed by atoms with Crippen molar-refractivity contribution in [3.8, 4) is 11.1 Å². The summed E-state index contributed by atoms with van der Waals surface area (Å²) in [6.45, 7) is 1.91. The summed E-state index contributed by atoms with van der Waals surface area (Å²) in [7, 11) is 0. The van der Waals surface area contributed by atoms with Crippen LogP contribution in [0.4, 0.5) is 5.69 Å². The summed E-state index contributed by atoms with van der Waals surface area (Å²) in [6, 6.07) is 28.8. The minimum Gasteiger partial charge on any atom is -0.867 e. The van der Waals surface area contributed by atoms with Crippen LogP contribution in [0, 0.1) is 6.92 Å². The number of thiocarbonyl (C=S) groups is 1. The van der Waals surface area contributed by atoms with Gasteiger partial charge in [-0.05, 0) is 47.1 Å². The monoisotopic (exact) mass is 456 g/mol. The van der Waals surface area contributed by atoms with Crippen molar-refractivity contribution in [1.82, 2.24) is 0 Å². The van der Waals surface area contributed by atoms with Gasteiger partial charge in [0, 0.05) is 22.8 Å². The Morgan fingerprint density at radius 2 is 1.44 bits per heavy atom. The zero-order chi connectivity index (χ0) is 22.5. The highest BCUT2D eigenvalue weighted by atomic mass is 35.5. The third-order valence-electron chi connectivity index (χ3n) is 5.17. The van der Waals surface area contributed by atoms with Crippen molar-refractivity contribution in [2.45, 2.75) is 6.92 Å². The Morgan fingerprint density at radius 3 is 2.12 bits per heavy atom. The van der Waals surface area contributed by atoms with E-state index in [4.69, 9.17) is 23.8 Å². The second-order valence-corrected chi connectivity index (χ2v) is 8.09. The molecule has 0 atom stereocenters. The van der Waals surface area contributed by atoms with E-state index in [-0.39, 0.29) is 5.76 Å². The molecule has 0 aliphatic rings. The van der Waals surface area contributed by atoms with Crippen LogP contribution in [-0.4, -0.2) is 4.99 Å². The van der Waals surface area contributed by atoms with Gasteiger partial charge in [0.1, 0.15) is 0 Å². The van der Waals surface area contributed by atoms with Gasteiger partial charge in [0.15, 0.2) is 17.4 Å². The summed E-state index contributed by atoms with van der Waals surface area (Å²) in [5.41, 5.74) is 4.71. The van der Waals surface area contributed by atoms with Gasteiger partial charge in [-0.25, -0.2) is 0 Å². The maximum Gasteiger partial charge on any atom is 0.238 e. The third-order valence-corrected chi connectivity index (χ3v) is 5.88. The Morgan fingerprint density at radius 1 is 0.812 bits per heavy atom. The molecule has 3 aromatic carbocycles. The fourth-order valence-corrected chi connectivity index (χ4v) is 3.87. The lowest BCUT2D eigenvalue weighted by molar-refractivity contribution is -0.577. The number of hydrogen-bond acceptors (Lipinski definition) is 2. The molecular weight excluding hydrogens is 436 g/mol. The standard InChI is InChI=1S/C27H21ClN2OS/c1-19-23(28)11-8-12-24(19)29-27(32)25(30-17-6-3-7-18-30)26(31)22-15-13-21(14-16-22)20-9-4-2-5-10-20/h2-18H,1H3,(H-,29,31,32). The molecule has 5 heteroatoms. The Hall–Kier alpha value is -3.47. The highest BCUT2D eigenvalue weighted by Gasteiger charge is 2.19. The van der Waals surface area contributed by atoms with Crippen LogP contribution in [0.3, 0.4) is 0 Å². The number of nitrogens with zero attached hydrogens (tertiary/aromatic N) is 1. The molecule has 0 fully saturated rings. The van der Waals surface area contributed by atoms with E-state index in [1.165, 1.54) is 0 Å². The molecule has 0 aliphatic carbocycles. The predicted molar refractivity (Wildman–Crippen MR) is 134 cm³/mol. The van der Waals surface area contributed by atoms with Gasteiger partial charge in [-0.2, -0.15) is 4.57 Å². The molecular formula is C27H21ClN2OS. The summed E-state index contributed by atoms with van der Waals surface area (Å²) < 4.78 is 1.74. The molecule has 158 valence electrons. The van der Waals surface area contributed by atoms with Gasteiger partial charge >= 0.3 is 0 Å². The minimum atomic E-state index is -0.169. The first-order valence-corrected chi connectivity index (χ1v) is 10.9. The Balaban J connectivity index is 1.74. The van der Waals surface area contributed by atoms with E-state index < -0.39 is 0 Å². The average Bonchev–Trinajstić information content (AvgIpc) is 2.83. The topological polar surface area (TPSA) is 39.0 Å². The molecule has 0 aliphatic heterocycles. The van der Waals surface area contributed by atoms with E-state index >= 15 is 0 Å². The van der Waals surface area contributed by atoms with E-state index in [1.54, 1.807) is 4.57 Å². The Kier molecular flexibility index (Phi) is 6.64. The van der Waals surface area contributed by atoms with Crippen LogP contribution in [0.1, 0.15) is 11.1 Å². The Bertz CT molecular complexity index is 1270. The van der Waals surface area contributed by atoms with E-state index in [1.807, 2.05) is 110 Å². The lowest BCUT2D eigenvalue weighted by atomic mass is 10.0. The molecule has 1 heterocycles. The van der Waals surface area contributed by atoms with Crippen molar-refractivity contribution in [1.29, 1.82) is 0 Å². The summed E-state index contributed by atoms with van der Waals surface area (Å²) >= 11 is 11.9. The average molecular weight is 457 g/mol. The molecule has 4 rings (SSSR count). The van der Waals surface area contributed by atoms with Crippen molar-refractivity contribution in [2.24, 2.45) is 0 Å². The quantitative estimate of drug-likeness (QED) is 0.180. The fraction of sp³-hybridized carbons (Fsp3) is 0.0370. The van der Waals surface area contributed by atoms with E-state index in [0.717, 1.165) is 22.4 Å². The van der Waals surface area contributed by atoms with Crippen LogP contribution in [0.15, 0.2) is 103 Å². The van der Waals surface area contributed by atoms with Gasteiger partial charge in [0.2, 0.25) is 5.70 Å². The smallest absolute Gasteiger partial charge is 0.238 e. The molecule has 1 aromatic heterocycles. The zero-order valence-electron chi connectivity index (χ0n) is 17.5. The van der Waals surface area contributed by atoms with Gasteiger partial charge in [0.05, 0.1) is 0 Å². The number of anilines is 1. The zero-order valence-corrected chi connectivity index (χ0v) is 19.0. The number of pyridine rings is 1. The first-order chi connectivity index (χ1) is 15.5. The van der Waals surface area contributed by atoms with Gasteiger partial charge in [-0.15, -0.1) is 0 Å². The van der Waals surface area contributed by atoms with Crippen molar-refractivity contribution in [2.75, 3.05) is 5.32 Å². The lowest BCUT2D eigenvalue weighted by Crippen LogP contribution is -2.39. The molecule has 32 heavy (non-hydrogen) atoms. The number of hydrogen-bond donors (Lipinski definition) is 1. The Labute approximate surface area is 198 Å². The fourth-order valence-electron chi connectivity index (χ4n) is 3.39. The van der Waals surface area contributed by atoms with E-state index in [0.29, 0.717) is 21.3 Å².